The molecule has 1 aliphatic rings. The number of carbonyl (C=O) groups is 2. The number of amides is 2. The number of aromatic nitrogens is 2. The van der Waals surface area contributed by atoms with Gasteiger partial charge in [0.2, 0.25) is 0 Å². The molecule has 1 aliphatic carbocycles. The molecule has 0 atom stereocenters. The maximum atomic E-state index is 12.8. The number of pyridine rings is 2. The number of fused-ring (bicyclic) bond motifs is 1. The predicted octanol–water partition coefficient (Wildman–Crippen LogP) is 1.70. The molecule has 2 N–H and O–H groups in total. The number of hydrogen-bond donors (Lipinski definition) is 2. The fourth-order valence-corrected chi connectivity index (χ4v) is 3.08. The largest absolute Gasteiger partial charge is 0.355 e. The lowest BCUT2D eigenvalue weighted by Gasteiger charge is -2.12. The van der Waals surface area contributed by atoms with E-state index in [1.54, 1.807) is 6.20 Å². The van der Waals surface area contributed by atoms with E-state index in [9.17, 15) is 14.4 Å². The molecule has 7 nitrogen and oxygen atoms in total. The molecule has 0 spiro atoms. The average molecular weight is 376 g/mol. The van der Waals surface area contributed by atoms with E-state index in [1.165, 1.54) is 23.9 Å². The second-order valence-corrected chi connectivity index (χ2v) is 6.93. The van der Waals surface area contributed by atoms with Crippen LogP contribution in [-0.4, -0.2) is 34.5 Å². The summed E-state index contributed by atoms with van der Waals surface area (Å²) in [4.78, 5) is 41.8. The zero-order chi connectivity index (χ0) is 19.7. The van der Waals surface area contributed by atoms with Gasteiger partial charge in [-0.3, -0.25) is 19.4 Å². The molecule has 0 saturated heterocycles. The molecule has 2 heterocycles. The van der Waals surface area contributed by atoms with Crippen molar-refractivity contribution < 1.29 is 9.59 Å². The van der Waals surface area contributed by atoms with Gasteiger partial charge in [0.1, 0.15) is 5.56 Å². The summed E-state index contributed by atoms with van der Waals surface area (Å²) in [6.45, 7) is 0.236. The van der Waals surface area contributed by atoms with Crippen LogP contribution in [0.3, 0.4) is 0 Å². The van der Waals surface area contributed by atoms with Crippen LogP contribution in [0.1, 0.15) is 39.1 Å². The fraction of sp³-hybridized carbons (Fsp3) is 0.238. The summed E-state index contributed by atoms with van der Waals surface area (Å²) in [6, 6.07) is 11.1. The highest BCUT2D eigenvalue weighted by Crippen LogP contribution is 2.19. The van der Waals surface area contributed by atoms with Crippen molar-refractivity contribution in [2.45, 2.75) is 25.4 Å². The molecule has 142 valence electrons. The lowest BCUT2D eigenvalue weighted by atomic mass is 10.1. The Morgan fingerprint density at radius 1 is 1.18 bits per heavy atom. The highest BCUT2D eigenvalue weighted by Gasteiger charge is 2.25. The third-order valence-electron chi connectivity index (χ3n) is 4.76. The van der Waals surface area contributed by atoms with Gasteiger partial charge < -0.3 is 15.2 Å². The van der Waals surface area contributed by atoms with Crippen LogP contribution in [0.5, 0.6) is 0 Å². The third kappa shape index (κ3) is 3.64. The highest BCUT2D eigenvalue weighted by molar-refractivity contribution is 5.99. The van der Waals surface area contributed by atoms with E-state index in [2.05, 4.69) is 15.6 Å². The van der Waals surface area contributed by atoms with E-state index >= 15 is 0 Å². The van der Waals surface area contributed by atoms with Gasteiger partial charge in [-0.15, -0.1) is 0 Å². The van der Waals surface area contributed by atoms with Crippen LogP contribution in [0.2, 0.25) is 0 Å². The topological polar surface area (TPSA) is 93.1 Å². The third-order valence-corrected chi connectivity index (χ3v) is 4.76. The fourth-order valence-electron chi connectivity index (χ4n) is 3.08. The molecule has 7 heteroatoms. The molecule has 2 aromatic heterocycles. The molecule has 0 unspecified atom stereocenters. The molecule has 1 aromatic carbocycles. The number of hydrogen-bond acceptors (Lipinski definition) is 4. The van der Waals surface area contributed by atoms with Gasteiger partial charge in [-0.05, 0) is 36.6 Å². The molecular weight excluding hydrogens is 356 g/mol. The molecular formula is C21H20N4O3. The van der Waals surface area contributed by atoms with Crippen molar-refractivity contribution in [2.24, 2.45) is 0 Å². The molecule has 0 aliphatic heterocycles. The van der Waals surface area contributed by atoms with Gasteiger partial charge in [0.25, 0.3) is 17.4 Å². The van der Waals surface area contributed by atoms with Crippen LogP contribution in [-0.2, 0) is 6.54 Å². The minimum atomic E-state index is -0.514. The van der Waals surface area contributed by atoms with Gasteiger partial charge in [0.15, 0.2) is 0 Å². The van der Waals surface area contributed by atoms with Gasteiger partial charge >= 0.3 is 0 Å². The maximum Gasteiger partial charge on any atom is 0.263 e. The quantitative estimate of drug-likeness (QED) is 0.709. The second-order valence-electron chi connectivity index (χ2n) is 6.93. The van der Waals surface area contributed by atoms with Crippen molar-refractivity contribution in [3.05, 3.63) is 75.8 Å². The van der Waals surface area contributed by atoms with Crippen LogP contribution < -0.4 is 16.2 Å². The SMILES string of the molecule is CNC(=O)c1cc(C(=O)NC2CC2)cn(Cc2ccc3cccnc3c2)c1=O. The van der Waals surface area contributed by atoms with Gasteiger partial charge in [-0.1, -0.05) is 18.2 Å². The molecule has 1 saturated carbocycles. The zero-order valence-corrected chi connectivity index (χ0v) is 15.4. The Morgan fingerprint density at radius 3 is 2.75 bits per heavy atom. The summed E-state index contributed by atoms with van der Waals surface area (Å²) in [7, 11) is 1.46. The smallest absolute Gasteiger partial charge is 0.263 e. The van der Waals surface area contributed by atoms with Crippen LogP contribution in [0.4, 0.5) is 0 Å². The second kappa shape index (κ2) is 7.26. The first-order valence-corrected chi connectivity index (χ1v) is 9.16. The molecule has 28 heavy (non-hydrogen) atoms. The van der Waals surface area contributed by atoms with Crippen LogP contribution in [0.25, 0.3) is 10.9 Å². The minimum absolute atomic E-state index is 0.0511. The van der Waals surface area contributed by atoms with Crippen molar-refractivity contribution in [2.75, 3.05) is 7.05 Å². The monoisotopic (exact) mass is 376 g/mol. The summed E-state index contributed by atoms with van der Waals surface area (Å²) in [5, 5.41) is 6.36. The van der Waals surface area contributed by atoms with Gasteiger partial charge in [0.05, 0.1) is 17.6 Å². The number of nitrogens with one attached hydrogen (secondary N) is 2. The van der Waals surface area contributed by atoms with Crippen molar-refractivity contribution >= 4 is 22.7 Å². The molecule has 4 rings (SSSR count). The lowest BCUT2D eigenvalue weighted by Crippen LogP contribution is -2.34. The first-order valence-electron chi connectivity index (χ1n) is 9.16. The Labute approximate surface area is 161 Å². The van der Waals surface area contributed by atoms with Crippen molar-refractivity contribution in [1.82, 2.24) is 20.2 Å². The van der Waals surface area contributed by atoms with Crippen molar-refractivity contribution in [1.29, 1.82) is 0 Å². The van der Waals surface area contributed by atoms with E-state index in [0.29, 0.717) is 5.56 Å². The summed E-state index contributed by atoms with van der Waals surface area (Å²) >= 11 is 0. The normalized spacial score (nSPS) is 13.3. The summed E-state index contributed by atoms with van der Waals surface area (Å²) in [6.07, 6.45) is 5.13. The van der Waals surface area contributed by atoms with Gasteiger partial charge in [-0.25, -0.2) is 0 Å². The first kappa shape index (κ1) is 17.9. The van der Waals surface area contributed by atoms with Crippen LogP contribution in [0, 0.1) is 0 Å². The highest BCUT2D eigenvalue weighted by atomic mass is 16.2. The van der Waals surface area contributed by atoms with E-state index < -0.39 is 11.5 Å². The van der Waals surface area contributed by atoms with E-state index in [-0.39, 0.29) is 24.1 Å². The molecule has 3 aromatic rings. The number of carbonyl (C=O) groups excluding carboxylic acids is 2. The number of benzene rings is 1. The molecule has 0 radical (unpaired) electrons. The average Bonchev–Trinajstić information content (AvgIpc) is 3.52. The summed E-state index contributed by atoms with van der Waals surface area (Å²) < 4.78 is 1.40. The summed E-state index contributed by atoms with van der Waals surface area (Å²) in [5.41, 5.74) is 1.48. The maximum absolute atomic E-state index is 12.8. The Balaban J connectivity index is 1.73. The summed E-state index contributed by atoms with van der Waals surface area (Å²) in [5.74, 6) is -0.790. The van der Waals surface area contributed by atoms with Crippen LogP contribution >= 0.6 is 0 Å². The van der Waals surface area contributed by atoms with E-state index in [1.807, 2.05) is 30.3 Å². The zero-order valence-electron chi connectivity index (χ0n) is 15.4. The number of rotatable bonds is 5. The van der Waals surface area contributed by atoms with Gasteiger partial charge in [-0.2, -0.15) is 0 Å². The van der Waals surface area contributed by atoms with Gasteiger partial charge in [0, 0.05) is 30.9 Å². The van der Waals surface area contributed by atoms with E-state index in [4.69, 9.17) is 0 Å². The van der Waals surface area contributed by atoms with E-state index in [0.717, 1.165) is 29.3 Å². The Hall–Kier alpha value is -3.48. The molecule has 1 fully saturated rings. The Morgan fingerprint density at radius 2 is 2.00 bits per heavy atom. The first-order chi connectivity index (χ1) is 13.5. The standard InChI is InChI=1S/C21H20N4O3/c1-22-20(27)17-10-15(19(26)24-16-6-7-16)12-25(21(17)28)11-13-4-5-14-3-2-8-23-18(14)9-13/h2-5,8-10,12,16H,6-7,11H2,1H3,(H,22,27)(H,24,26). The Kier molecular flexibility index (Phi) is 4.65. The minimum Gasteiger partial charge on any atom is -0.355 e. The molecule has 0 bridgehead atoms. The Bertz CT molecular complexity index is 1130. The van der Waals surface area contributed by atoms with Crippen molar-refractivity contribution in [3.63, 3.8) is 0 Å². The van der Waals surface area contributed by atoms with Crippen LogP contribution in [0.15, 0.2) is 53.6 Å². The van der Waals surface area contributed by atoms with Crippen molar-refractivity contribution in [3.8, 4) is 0 Å². The molecule has 2 amide bonds. The number of nitrogens with zero attached hydrogens (tertiary/aromatic N) is 2. The lowest BCUT2D eigenvalue weighted by molar-refractivity contribution is 0.0950. The predicted molar refractivity (Wildman–Crippen MR) is 105 cm³/mol.